The molecule has 2 aromatic heterocycles. The molecule has 8 heterocycles. The van der Waals surface area contributed by atoms with Crippen molar-refractivity contribution in [2.45, 2.75) is 25.7 Å². The third kappa shape index (κ3) is 6.29. The Morgan fingerprint density at radius 2 is 0.833 bits per heavy atom. The first kappa shape index (κ1) is 28.1. The number of aromatic amines is 2. The van der Waals surface area contributed by atoms with E-state index in [1.165, 1.54) is 28.0 Å². The van der Waals surface area contributed by atoms with Gasteiger partial charge >= 0.3 is 0 Å². The van der Waals surface area contributed by atoms with Crippen LogP contribution in [0.25, 0.3) is 24.3 Å². The number of hydrogen-bond donors (Lipinski definition) is 2. The summed E-state index contributed by atoms with van der Waals surface area (Å²) in [5, 5.41) is 0. The minimum Gasteiger partial charge on any atom is -0.355 e. The summed E-state index contributed by atoms with van der Waals surface area (Å²) in [4.78, 5) is 25.6. The number of aromatic nitrogens is 2. The molecule has 16 bridgehead atoms. The Morgan fingerprint density at radius 1 is 0.375 bits per heavy atom. The van der Waals surface area contributed by atoms with Gasteiger partial charge in [-0.15, -0.1) is 0 Å². The van der Waals surface area contributed by atoms with E-state index in [9.17, 15) is 0 Å². The molecule has 6 heteroatoms. The number of fused-ring (bicyclic) bond motifs is 12. The normalized spacial score (nSPS) is 20.8. The smallest absolute Gasteiger partial charge is 0.0659 e. The van der Waals surface area contributed by atoms with E-state index in [2.05, 4.69) is 134 Å². The molecule has 0 radical (unpaired) electrons. The van der Waals surface area contributed by atoms with Crippen molar-refractivity contribution in [1.82, 2.24) is 9.97 Å². The van der Waals surface area contributed by atoms with Crippen molar-refractivity contribution >= 4 is 47.2 Å². The molecule has 0 saturated carbocycles. The second kappa shape index (κ2) is 11.9. The van der Waals surface area contributed by atoms with E-state index >= 15 is 0 Å². The van der Waals surface area contributed by atoms with Gasteiger partial charge in [0.25, 0.3) is 0 Å². The molecule has 6 aliphatic heterocycles. The summed E-state index contributed by atoms with van der Waals surface area (Å²) in [6, 6.07) is 8.40. The fourth-order valence-corrected chi connectivity index (χ4v) is 6.60. The van der Waals surface area contributed by atoms with E-state index < -0.39 is 0 Å². The Morgan fingerprint density at radius 3 is 1.42 bits per heavy atom. The minimum absolute atomic E-state index is 0.931. The Bertz CT molecular complexity index is 2310. The first-order valence-corrected chi connectivity index (χ1v) is 16.4. The summed E-state index contributed by atoms with van der Waals surface area (Å²) in [6.07, 6.45) is 42.0. The largest absolute Gasteiger partial charge is 0.355 e. The number of allylic oxidation sites excluding steroid dienone is 19. The van der Waals surface area contributed by atoms with Crippen molar-refractivity contribution in [3.63, 3.8) is 0 Å². The number of hydrogen-bond acceptors (Lipinski definition) is 4. The summed E-state index contributed by atoms with van der Waals surface area (Å²) < 4.78 is 0. The highest BCUT2D eigenvalue weighted by molar-refractivity contribution is 6.11. The van der Waals surface area contributed by atoms with Crippen LogP contribution in [0.5, 0.6) is 0 Å². The van der Waals surface area contributed by atoms with Gasteiger partial charge in [-0.3, -0.25) is 4.99 Å². The van der Waals surface area contributed by atoms with Gasteiger partial charge in [0.15, 0.2) is 0 Å². The summed E-state index contributed by atoms with van der Waals surface area (Å²) in [6.45, 7) is 0. The number of nitrogens with one attached hydrogen (secondary N) is 2. The quantitative estimate of drug-likeness (QED) is 0.294. The van der Waals surface area contributed by atoms with Gasteiger partial charge in [0, 0.05) is 34.2 Å². The molecule has 8 aliphatic rings. The van der Waals surface area contributed by atoms with Crippen LogP contribution < -0.4 is 0 Å². The van der Waals surface area contributed by atoms with Crippen molar-refractivity contribution in [2.24, 2.45) is 20.0 Å². The van der Waals surface area contributed by atoms with Crippen LogP contribution in [0.1, 0.15) is 48.5 Å². The molecule has 0 saturated heterocycles. The Balaban J connectivity index is 0.000000131. The Labute approximate surface area is 279 Å². The van der Waals surface area contributed by atoms with Gasteiger partial charge in [-0.2, -0.15) is 0 Å². The molecule has 0 unspecified atom stereocenters. The summed E-state index contributed by atoms with van der Waals surface area (Å²) in [7, 11) is 0. The lowest BCUT2D eigenvalue weighted by atomic mass is 10.1. The fourth-order valence-electron chi connectivity index (χ4n) is 6.60. The van der Waals surface area contributed by atoms with Crippen LogP contribution in [0, 0.1) is 0 Å². The molecule has 2 N–H and O–H groups in total. The zero-order chi connectivity index (χ0) is 31.9. The molecule has 10 rings (SSSR count). The number of aliphatic imine (C=N–C) groups is 4. The van der Waals surface area contributed by atoms with Crippen LogP contribution in [0.15, 0.2) is 174 Å². The SMILES string of the molecule is C1=CC2=Cc3ccc([nH]3)C=C3C=CC(=N3)C=C3C=CC(=N3)C=C1C2.C1=CC2=Cc3ccc([nH]3)C=C3C=CC(=N3)C=C3CCC(=N3)C=C1C2. The monoisotopic (exact) mass is 620 g/mol. The molecule has 48 heavy (non-hydrogen) atoms. The number of rotatable bonds is 0. The van der Waals surface area contributed by atoms with Crippen LogP contribution in [0.2, 0.25) is 0 Å². The second-order valence-electron chi connectivity index (χ2n) is 12.7. The molecule has 2 aliphatic carbocycles. The van der Waals surface area contributed by atoms with Crippen molar-refractivity contribution < 1.29 is 0 Å². The van der Waals surface area contributed by atoms with Crippen LogP contribution >= 0.6 is 0 Å². The van der Waals surface area contributed by atoms with Gasteiger partial charge in [0.05, 0.1) is 34.2 Å². The molecule has 0 atom stereocenters. The Kier molecular flexibility index (Phi) is 6.97. The predicted octanol–water partition coefficient (Wildman–Crippen LogP) is 9.31. The van der Waals surface area contributed by atoms with Crippen LogP contribution in [-0.4, -0.2) is 32.8 Å². The fraction of sp³-hybridized carbons (Fsp3) is 0.0952. The van der Waals surface area contributed by atoms with Gasteiger partial charge in [0.1, 0.15) is 0 Å². The molecule has 2 aromatic rings. The molecule has 0 aromatic carbocycles. The van der Waals surface area contributed by atoms with E-state index in [1.54, 1.807) is 0 Å². The van der Waals surface area contributed by atoms with E-state index in [0.717, 1.165) is 88.4 Å². The maximum atomic E-state index is 4.77. The summed E-state index contributed by atoms with van der Waals surface area (Å²) in [5.74, 6) is 0. The van der Waals surface area contributed by atoms with E-state index in [0.29, 0.717) is 0 Å². The number of H-pyrrole nitrogens is 2. The average molecular weight is 621 g/mol. The summed E-state index contributed by atoms with van der Waals surface area (Å²) in [5.41, 5.74) is 17.7. The zero-order valence-electron chi connectivity index (χ0n) is 26.3. The first-order valence-electron chi connectivity index (χ1n) is 16.4. The standard InChI is InChI=1S/C21H17N3.C21H15N3/c2*1-2-15-9-14(1)10-16-3-5-18(22-16)12-20-7-8-21(24-20)13-19-6-4-17(11-15)23-19/h1-3,5,7-8,10-13,22H,4,6,9H2;1-8,10-13,22H,9H2. The van der Waals surface area contributed by atoms with Crippen molar-refractivity contribution in [3.8, 4) is 0 Å². The third-order valence-electron chi connectivity index (χ3n) is 8.86. The van der Waals surface area contributed by atoms with Gasteiger partial charge in [-0.25, -0.2) is 15.0 Å². The maximum absolute atomic E-state index is 4.77. The second-order valence-corrected chi connectivity index (χ2v) is 12.7. The van der Waals surface area contributed by atoms with Gasteiger partial charge in [0.2, 0.25) is 0 Å². The lowest BCUT2D eigenvalue weighted by Gasteiger charge is -1.97. The average Bonchev–Trinajstić information content (AvgIpc) is 3.91. The molecule has 0 amide bonds. The molecule has 0 fully saturated rings. The van der Waals surface area contributed by atoms with Crippen LogP contribution in [0.3, 0.4) is 0 Å². The van der Waals surface area contributed by atoms with Crippen LogP contribution in [0.4, 0.5) is 0 Å². The molecule has 0 spiro atoms. The highest BCUT2D eigenvalue weighted by atomic mass is 14.8. The van der Waals surface area contributed by atoms with Gasteiger partial charge in [-0.1, -0.05) is 24.3 Å². The molecule has 6 nitrogen and oxygen atoms in total. The lowest BCUT2D eigenvalue weighted by molar-refractivity contribution is 1.07. The van der Waals surface area contributed by atoms with Gasteiger partial charge < -0.3 is 9.97 Å². The highest BCUT2D eigenvalue weighted by Crippen LogP contribution is 2.29. The third-order valence-corrected chi connectivity index (χ3v) is 8.86. The topological polar surface area (TPSA) is 81.0 Å². The predicted molar refractivity (Wildman–Crippen MR) is 200 cm³/mol. The van der Waals surface area contributed by atoms with Crippen LogP contribution in [-0.2, 0) is 0 Å². The highest BCUT2D eigenvalue weighted by Gasteiger charge is 2.15. The van der Waals surface area contributed by atoms with Crippen molar-refractivity contribution in [1.29, 1.82) is 0 Å². The molecular formula is C42H32N6. The molecular weight excluding hydrogens is 589 g/mol. The maximum Gasteiger partial charge on any atom is 0.0659 e. The summed E-state index contributed by atoms with van der Waals surface area (Å²) >= 11 is 0. The lowest BCUT2D eigenvalue weighted by Crippen LogP contribution is -1.88. The van der Waals surface area contributed by atoms with E-state index in [1.807, 2.05) is 24.3 Å². The Hall–Kier alpha value is -6.14. The van der Waals surface area contributed by atoms with Crippen molar-refractivity contribution in [2.75, 3.05) is 0 Å². The first-order chi connectivity index (χ1) is 23.6. The molecule has 230 valence electrons. The zero-order valence-corrected chi connectivity index (χ0v) is 26.3. The minimum atomic E-state index is 0.931. The van der Waals surface area contributed by atoms with Crippen molar-refractivity contribution in [3.05, 3.63) is 177 Å². The number of nitrogens with zero attached hydrogens (tertiary/aromatic N) is 4. The van der Waals surface area contributed by atoms with E-state index in [4.69, 9.17) is 4.99 Å². The van der Waals surface area contributed by atoms with E-state index in [-0.39, 0.29) is 0 Å². The van der Waals surface area contributed by atoms with Gasteiger partial charge in [-0.05, 0) is 157 Å².